The average Bonchev–Trinajstić information content (AvgIpc) is 3.20. The van der Waals surface area contributed by atoms with Gasteiger partial charge in [-0.2, -0.15) is 0 Å². The van der Waals surface area contributed by atoms with Crippen LogP contribution in [-0.4, -0.2) is 87.0 Å². The third-order valence-corrected chi connectivity index (χ3v) is 11.8. The summed E-state index contributed by atoms with van der Waals surface area (Å²) in [5.74, 6) is -3.26. The van der Waals surface area contributed by atoms with Crippen molar-refractivity contribution in [1.29, 1.82) is 0 Å². The quantitative estimate of drug-likeness (QED) is 0.0228. The van der Waals surface area contributed by atoms with E-state index >= 15 is 0 Å². The summed E-state index contributed by atoms with van der Waals surface area (Å²) in [5, 5.41) is 48.9. The number of aryl methyl sites for hydroxylation is 1. The van der Waals surface area contributed by atoms with Gasteiger partial charge in [0.05, 0.1) is 29.4 Å². The summed E-state index contributed by atoms with van der Waals surface area (Å²) in [6.07, 6.45) is 17.7. The molecule has 1 saturated heterocycles. The maximum Gasteiger partial charge on any atom is 0.198 e. The fraction of sp³-hybridized carbons (Fsp3) is 0.565. The molecule has 0 amide bonds. The van der Waals surface area contributed by atoms with Crippen LogP contribution in [0.15, 0.2) is 47.5 Å². The van der Waals surface area contributed by atoms with Crippen molar-refractivity contribution < 1.29 is 44.3 Å². The molecule has 322 valence electrons. The molecule has 5 rings (SSSR count). The van der Waals surface area contributed by atoms with Crippen molar-refractivity contribution in [2.75, 3.05) is 13.1 Å². The van der Waals surface area contributed by atoms with Crippen LogP contribution >= 0.6 is 0 Å². The van der Waals surface area contributed by atoms with Gasteiger partial charge in [0.1, 0.15) is 23.6 Å². The Morgan fingerprint density at radius 2 is 1.63 bits per heavy atom. The fourth-order valence-corrected chi connectivity index (χ4v) is 8.33. The van der Waals surface area contributed by atoms with Gasteiger partial charge in [-0.3, -0.25) is 14.4 Å². The molecule has 1 unspecified atom stereocenters. The predicted molar refractivity (Wildman–Crippen MR) is 227 cm³/mol. The lowest BCUT2D eigenvalue weighted by Crippen LogP contribution is -2.53. The monoisotopic (exact) mass is 816 g/mol. The van der Waals surface area contributed by atoms with Gasteiger partial charge >= 0.3 is 0 Å². The number of Topliss-reactive ketones (excluding diaryl/α,β-unsaturated/α-hetero) is 1. The molecule has 1 aliphatic heterocycles. The number of aliphatic hydroxyl groups is 2. The Bertz CT molecular complexity index is 1900. The summed E-state index contributed by atoms with van der Waals surface area (Å²) >= 11 is 0. The Morgan fingerprint density at radius 3 is 2.32 bits per heavy atom. The summed E-state index contributed by atoms with van der Waals surface area (Å²) in [5.41, 5.74) is 9.79. The molecule has 0 aromatic heterocycles. The highest BCUT2D eigenvalue weighted by Gasteiger charge is 2.50. The van der Waals surface area contributed by atoms with Crippen LogP contribution in [0.2, 0.25) is 0 Å². The number of nitrogens with zero attached hydrogens (tertiary/aromatic N) is 1. The summed E-state index contributed by atoms with van der Waals surface area (Å²) in [6, 6.07) is 4.04. The molecule has 59 heavy (non-hydrogen) atoms. The number of phenolic OH excluding ortho intramolecular Hbond substituents is 2. The van der Waals surface area contributed by atoms with Crippen molar-refractivity contribution in [3.8, 4) is 11.5 Å². The maximum absolute atomic E-state index is 13.9. The van der Waals surface area contributed by atoms with E-state index in [0.717, 1.165) is 38.5 Å². The van der Waals surface area contributed by atoms with Crippen LogP contribution in [0.3, 0.4) is 0 Å². The number of fused-ring (bicyclic) bond motifs is 3. The Balaban J connectivity index is 1.19. The number of nitrogens with one attached hydrogen (secondary N) is 1. The second-order valence-electron chi connectivity index (χ2n) is 16.3. The number of hydrogen-bond acceptors (Lipinski definition) is 11. The minimum absolute atomic E-state index is 0.0348. The highest BCUT2D eigenvalue weighted by Crippen LogP contribution is 2.52. The lowest BCUT2D eigenvalue weighted by Gasteiger charge is -2.42. The Morgan fingerprint density at radius 1 is 0.966 bits per heavy atom. The second-order valence-corrected chi connectivity index (χ2v) is 16.3. The van der Waals surface area contributed by atoms with Gasteiger partial charge in [0.25, 0.3) is 0 Å². The number of aliphatic hydroxyl groups excluding tert-OH is 1. The molecule has 3 aliphatic rings. The third kappa shape index (κ3) is 11.1. The number of ether oxygens (including phenoxy) is 2. The van der Waals surface area contributed by atoms with E-state index in [0.29, 0.717) is 12.1 Å². The van der Waals surface area contributed by atoms with Crippen LogP contribution in [0.4, 0.5) is 0 Å². The van der Waals surface area contributed by atoms with Gasteiger partial charge in [-0.1, -0.05) is 88.0 Å². The van der Waals surface area contributed by atoms with Crippen molar-refractivity contribution in [2.45, 2.75) is 153 Å². The van der Waals surface area contributed by atoms with Gasteiger partial charge in [0, 0.05) is 54.1 Å². The van der Waals surface area contributed by atoms with Crippen molar-refractivity contribution in [2.24, 2.45) is 16.5 Å². The molecular formula is C46H64N4O9. The topological polar surface area (TPSA) is 227 Å². The first kappa shape index (κ1) is 45.7. The third-order valence-electron chi connectivity index (χ3n) is 11.8. The fourth-order valence-electron chi connectivity index (χ4n) is 8.33. The minimum atomic E-state index is -2.20. The lowest BCUT2D eigenvalue weighted by atomic mass is 9.71. The Labute approximate surface area is 348 Å². The molecule has 13 heteroatoms. The number of aromatic hydroxyl groups is 2. The normalized spacial score (nSPS) is 24.4. The molecular weight excluding hydrogens is 753 g/mol. The summed E-state index contributed by atoms with van der Waals surface area (Å²) in [6.45, 7) is 5.57. The number of carbonyl (C=O) groups excluding carboxylic acids is 3. The van der Waals surface area contributed by atoms with Crippen LogP contribution in [0, 0.1) is 6.92 Å². The van der Waals surface area contributed by atoms with E-state index in [1.54, 1.807) is 26.0 Å². The molecule has 6 atom stereocenters. The number of hydrogen-bond donors (Lipinski definition) is 7. The van der Waals surface area contributed by atoms with E-state index in [4.69, 9.17) is 20.9 Å². The first-order valence-corrected chi connectivity index (χ1v) is 21.4. The van der Waals surface area contributed by atoms with Gasteiger partial charge in [-0.05, 0) is 57.9 Å². The average molecular weight is 817 g/mol. The molecule has 2 aliphatic carbocycles. The maximum atomic E-state index is 13.9. The Kier molecular flexibility index (Phi) is 16.4. The van der Waals surface area contributed by atoms with E-state index < -0.39 is 90.0 Å². The van der Waals surface area contributed by atoms with Crippen LogP contribution in [0.1, 0.15) is 158 Å². The number of rotatable bonds is 20. The first-order chi connectivity index (χ1) is 28.3. The summed E-state index contributed by atoms with van der Waals surface area (Å²) in [7, 11) is 0. The zero-order valence-corrected chi connectivity index (χ0v) is 34.9. The van der Waals surface area contributed by atoms with E-state index in [1.807, 2.05) is 0 Å². The van der Waals surface area contributed by atoms with E-state index in [2.05, 4.69) is 41.5 Å². The number of phenols is 2. The number of nitrogens with two attached hydrogens (primary N) is 2. The van der Waals surface area contributed by atoms with Crippen molar-refractivity contribution >= 4 is 23.3 Å². The SMILES string of the molecule is CCCCC/C=C\C/C=C\CCCCCCCCNC(N)=NCC(=O)[C@]1(O)Cc2c(O)c3c(c(O)c2C(O[C@H]2C[C@H](N)[C@H](O)[C@H](C)O2)C1)C(=O)c1c(C)cccc1C3=O. The molecule has 0 spiro atoms. The van der Waals surface area contributed by atoms with Gasteiger partial charge in [0.2, 0.25) is 0 Å². The number of allylic oxidation sites excluding steroid dienone is 4. The standard InChI is InChI=1S/C46H64N4O9/c1-4-5-6-7-8-9-10-11-12-13-14-15-16-17-18-19-23-49-45(48)50-27-34(51)46(57)25-31-37(33(26-46)59-35-24-32(47)40(52)29(3)58-35)44(56)39-38(42(31)54)41(53)30-22-20-21-28(2)36(30)43(39)55/h8-9,11-12,20-22,29,32-33,35,40,52,54,56-57H,4-7,10,13-19,23-27,47H2,1-3H3,(H3,48,49,50)/b9-8-,12-11-/t29-,32-,33?,35-,40+,46-/m0/s1. The minimum Gasteiger partial charge on any atom is -0.507 e. The summed E-state index contributed by atoms with van der Waals surface area (Å²) < 4.78 is 12.1. The number of carbonyl (C=O) groups is 3. The van der Waals surface area contributed by atoms with Gasteiger partial charge in [0.15, 0.2) is 29.6 Å². The molecule has 2 aromatic rings. The van der Waals surface area contributed by atoms with Crippen molar-refractivity contribution in [3.05, 3.63) is 81.4 Å². The molecule has 1 heterocycles. The van der Waals surface area contributed by atoms with Crippen molar-refractivity contribution in [1.82, 2.24) is 5.32 Å². The van der Waals surface area contributed by atoms with Gasteiger partial charge in [-0.25, -0.2) is 4.99 Å². The van der Waals surface area contributed by atoms with Crippen LogP contribution in [-0.2, 0) is 20.7 Å². The number of aliphatic imine (C=N–C) groups is 1. The second kappa shape index (κ2) is 21.2. The number of benzene rings is 2. The first-order valence-electron chi connectivity index (χ1n) is 21.4. The van der Waals surface area contributed by atoms with Gasteiger partial charge < -0.3 is 46.7 Å². The number of ketones is 3. The molecule has 0 radical (unpaired) electrons. The molecule has 9 N–H and O–H groups in total. The van der Waals surface area contributed by atoms with Crippen LogP contribution in [0.5, 0.6) is 11.5 Å². The number of guanidine groups is 1. The Hall–Kier alpha value is -4.40. The van der Waals surface area contributed by atoms with E-state index in [-0.39, 0.29) is 40.2 Å². The van der Waals surface area contributed by atoms with E-state index in [9.17, 15) is 34.8 Å². The molecule has 1 fully saturated rings. The highest BCUT2D eigenvalue weighted by atomic mass is 16.7. The number of unbranched alkanes of at least 4 members (excludes halogenated alkanes) is 9. The van der Waals surface area contributed by atoms with Crippen LogP contribution < -0.4 is 16.8 Å². The molecule has 0 bridgehead atoms. The lowest BCUT2D eigenvalue weighted by molar-refractivity contribution is -0.247. The van der Waals surface area contributed by atoms with Gasteiger partial charge in [-0.15, -0.1) is 0 Å². The largest absolute Gasteiger partial charge is 0.507 e. The predicted octanol–water partition coefficient (Wildman–Crippen LogP) is 6.03. The summed E-state index contributed by atoms with van der Waals surface area (Å²) in [4.78, 5) is 45.7. The zero-order valence-electron chi connectivity index (χ0n) is 34.9. The van der Waals surface area contributed by atoms with Crippen molar-refractivity contribution in [3.63, 3.8) is 0 Å². The molecule has 0 saturated carbocycles. The molecule has 13 nitrogen and oxygen atoms in total. The smallest absolute Gasteiger partial charge is 0.198 e. The molecule has 2 aromatic carbocycles. The van der Waals surface area contributed by atoms with Crippen LogP contribution in [0.25, 0.3) is 0 Å². The zero-order chi connectivity index (χ0) is 42.7. The van der Waals surface area contributed by atoms with E-state index in [1.165, 1.54) is 44.6 Å². The highest BCUT2D eigenvalue weighted by molar-refractivity contribution is 6.31.